The Morgan fingerprint density at radius 3 is 3.16 bits per heavy atom. The predicted molar refractivity (Wildman–Crippen MR) is 79.4 cm³/mol. The minimum Gasteiger partial charge on any atom is -0.309 e. The van der Waals surface area contributed by atoms with Gasteiger partial charge in [-0.2, -0.15) is 0 Å². The second kappa shape index (κ2) is 5.39. The Bertz CT molecular complexity index is 577. The molecule has 2 aromatic heterocycles. The highest BCUT2D eigenvalue weighted by Crippen LogP contribution is 2.37. The van der Waals surface area contributed by atoms with Gasteiger partial charge >= 0.3 is 0 Å². The number of rotatable bonds is 3. The van der Waals surface area contributed by atoms with E-state index in [9.17, 15) is 0 Å². The molecule has 1 atom stereocenters. The van der Waals surface area contributed by atoms with E-state index >= 15 is 0 Å². The van der Waals surface area contributed by atoms with Gasteiger partial charge < -0.3 is 5.32 Å². The van der Waals surface area contributed by atoms with Crippen molar-refractivity contribution in [1.29, 1.82) is 0 Å². The summed E-state index contributed by atoms with van der Waals surface area (Å²) in [7, 11) is 0. The summed E-state index contributed by atoms with van der Waals surface area (Å²) in [6, 6.07) is 4.51. The number of nitrogens with one attached hydrogen (secondary N) is 1. The van der Waals surface area contributed by atoms with E-state index in [1.807, 2.05) is 23.6 Å². The van der Waals surface area contributed by atoms with Gasteiger partial charge in [0.1, 0.15) is 10.7 Å². The molecule has 0 amide bonds. The second-order valence-corrected chi connectivity index (χ2v) is 6.08. The standard InChI is InChI=1S/C15H19N3S/c1-3-16-11-7-4-8-12-14(11)18-15(19-12)13-10(2)6-5-9-17-13/h5-6,9,11,16H,3-4,7-8H2,1-2H3. The van der Waals surface area contributed by atoms with Crippen LogP contribution in [0.5, 0.6) is 0 Å². The molecule has 19 heavy (non-hydrogen) atoms. The normalized spacial score (nSPS) is 18.3. The van der Waals surface area contributed by atoms with Crippen molar-refractivity contribution in [2.24, 2.45) is 0 Å². The zero-order chi connectivity index (χ0) is 13.2. The topological polar surface area (TPSA) is 37.8 Å². The molecule has 0 bridgehead atoms. The zero-order valence-electron chi connectivity index (χ0n) is 11.4. The van der Waals surface area contributed by atoms with Crippen LogP contribution >= 0.6 is 11.3 Å². The van der Waals surface area contributed by atoms with Crippen molar-refractivity contribution in [2.75, 3.05) is 6.54 Å². The van der Waals surface area contributed by atoms with E-state index in [0.717, 1.165) is 17.2 Å². The van der Waals surface area contributed by atoms with Gasteiger partial charge in [0.15, 0.2) is 0 Å². The van der Waals surface area contributed by atoms with Crippen LogP contribution in [0.15, 0.2) is 18.3 Å². The third-order valence-electron chi connectivity index (χ3n) is 3.62. The number of aryl methyl sites for hydroxylation is 2. The summed E-state index contributed by atoms with van der Waals surface area (Å²) < 4.78 is 0. The molecule has 100 valence electrons. The van der Waals surface area contributed by atoms with Gasteiger partial charge in [0.2, 0.25) is 0 Å². The molecule has 0 spiro atoms. The zero-order valence-corrected chi connectivity index (χ0v) is 12.3. The predicted octanol–water partition coefficient (Wildman–Crippen LogP) is 3.50. The van der Waals surface area contributed by atoms with Crippen LogP contribution in [0, 0.1) is 6.92 Å². The first-order chi connectivity index (χ1) is 9.29. The molecule has 1 N–H and O–H groups in total. The van der Waals surface area contributed by atoms with E-state index in [2.05, 4.69) is 30.2 Å². The second-order valence-electron chi connectivity index (χ2n) is 5.00. The van der Waals surface area contributed by atoms with Crippen LogP contribution in [0.4, 0.5) is 0 Å². The molecule has 0 aliphatic heterocycles. The maximum absolute atomic E-state index is 4.88. The van der Waals surface area contributed by atoms with E-state index in [-0.39, 0.29) is 0 Å². The maximum Gasteiger partial charge on any atom is 0.142 e. The SMILES string of the molecule is CCNC1CCCc2sc(-c3ncccc3C)nc21. The summed E-state index contributed by atoms with van der Waals surface area (Å²) in [5.74, 6) is 0. The molecule has 0 saturated heterocycles. The Morgan fingerprint density at radius 2 is 2.37 bits per heavy atom. The fraction of sp³-hybridized carbons (Fsp3) is 0.467. The summed E-state index contributed by atoms with van der Waals surface area (Å²) in [6.07, 6.45) is 5.48. The Hall–Kier alpha value is -1.26. The molecule has 2 aromatic rings. The summed E-state index contributed by atoms with van der Waals surface area (Å²) in [6.45, 7) is 5.26. The minimum absolute atomic E-state index is 0.433. The summed E-state index contributed by atoms with van der Waals surface area (Å²) in [4.78, 5) is 10.8. The number of pyridine rings is 1. The van der Waals surface area contributed by atoms with Crippen molar-refractivity contribution in [1.82, 2.24) is 15.3 Å². The number of fused-ring (bicyclic) bond motifs is 1. The van der Waals surface area contributed by atoms with Gasteiger partial charge in [-0.05, 0) is 44.4 Å². The first-order valence-electron chi connectivity index (χ1n) is 6.94. The van der Waals surface area contributed by atoms with Gasteiger partial charge in [-0.1, -0.05) is 13.0 Å². The molecular weight excluding hydrogens is 254 g/mol. The molecule has 1 unspecified atom stereocenters. The molecule has 1 aliphatic rings. The first-order valence-corrected chi connectivity index (χ1v) is 7.76. The van der Waals surface area contributed by atoms with Crippen molar-refractivity contribution in [3.63, 3.8) is 0 Å². The summed E-state index contributed by atoms with van der Waals surface area (Å²) in [5, 5.41) is 4.62. The Kier molecular flexibility index (Phi) is 3.62. The van der Waals surface area contributed by atoms with Gasteiger partial charge in [-0.3, -0.25) is 4.98 Å². The van der Waals surface area contributed by atoms with E-state index in [0.29, 0.717) is 6.04 Å². The van der Waals surface area contributed by atoms with Crippen LogP contribution in [0.2, 0.25) is 0 Å². The highest BCUT2D eigenvalue weighted by Gasteiger charge is 2.24. The lowest BCUT2D eigenvalue weighted by atomic mass is 9.98. The van der Waals surface area contributed by atoms with E-state index in [1.54, 1.807) is 0 Å². The fourth-order valence-corrected chi connectivity index (χ4v) is 3.90. The third-order valence-corrected chi connectivity index (χ3v) is 4.75. The molecule has 0 aromatic carbocycles. The van der Waals surface area contributed by atoms with E-state index in [1.165, 1.54) is 35.4 Å². The van der Waals surface area contributed by atoms with Gasteiger partial charge in [0, 0.05) is 11.1 Å². The maximum atomic E-state index is 4.88. The van der Waals surface area contributed by atoms with Crippen molar-refractivity contribution in [3.05, 3.63) is 34.5 Å². The van der Waals surface area contributed by atoms with Gasteiger partial charge in [0.05, 0.1) is 11.7 Å². The van der Waals surface area contributed by atoms with Crippen LogP contribution in [-0.4, -0.2) is 16.5 Å². The first kappa shape index (κ1) is 12.8. The van der Waals surface area contributed by atoms with Crippen LogP contribution in [0.3, 0.4) is 0 Å². The fourth-order valence-electron chi connectivity index (χ4n) is 2.67. The highest BCUT2D eigenvalue weighted by atomic mass is 32.1. The lowest BCUT2D eigenvalue weighted by Gasteiger charge is -2.21. The smallest absolute Gasteiger partial charge is 0.142 e. The average molecular weight is 273 g/mol. The largest absolute Gasteiger partial charge is 0.309 e. The monoisotopic (exact) mass is 273 g/mol. The molecule has 0 radical (unpaired) electrons. The average Bonchev–Trinajstić information content (AvgIpc) is 2.84. The number of aromatic nitrogens is 2. The Balaban J connectivity index is 2.00. The molecule has 0 fully saturated rings. The molecular formula is C15H19N3S. The quantitative estimate of drug-likeness (QED) is 0.930. The van der Waals surface area contributed by atoms with Crippen LogP contribution in [0.25, 0.3) is 10.7 Å². The highest BCUT2D eigenvalue weighted by molar-refractivity contribution is 7.15. The number of thiazole rings is 1. The molecule has 1 aliphatic carbocycles. The van der Waals surface area contributed by atoms with Gasteiger partial charge in [-0.15, -0.1) is 11.3 Å². The lowest BCUT2D eigenvalue weighted by molar-refractivity contribution is 0.465. The number of hydrogen-bond acceptors (Lipinski definition) is 4. The molecule has 2 heterocycles. The molecule has 3 nitrogen and oxygen atoms in total. The third kappa shape index (κ3) is 2.42. The van der Waals surface area contributed by atoms with Crippen LogP contribution in [-0.2, 0) is 6.42 Å². The van der Waals surface area contributed by atoms with Crippen molar-refractivity contribution in [3.8, 4) is 10.7 Å². The van der Waals surface area contributed by atoms with Crippen molar-refractivity contribution < 1.29 is 0 Å². The molecule has 3 rings (SSSR count). The lowest BCUT2D eigenvalue weighted by Crippen LogP contribution is -2.24. The van der Waals surface area contributed by atoms with E-state index < -0.39 is 0 Å². The van der Waals surface area contributed by atoms with Gasteiger partial charge in [0.25, 0.3) is 0 Å². The Morgan fingerprint density at radius 1 is 1.47 bits per heavy atom. The summed E-state index contributed by atoms with van der Waals surface area (Å²) in [5.41, 5.74) is 3.50. The molecule has 0 saturated carbocycles. The number of nitrogens with zero attached hydrogens (tertiary/aromatic N) is 2. The van der Waals surface area contributed by atoms with Gasteiger partial charge in [-0.25, -0.2) is 4.98 Å². The summed E-state index contributed by atoms with van der Waals surface area (Å²) >= 11 is 1.82. The minimum atomic E-state index is 0.433. The Labute approximate surface area is 118 Å². The van der Waals surface area contributed by atoms with Crippen LogP contribution in [0.1, 0.15) is 41.9 Å². The van der Waals surface area contributed by atoms with Crippen LogP contribution < -0.4 is 5.32 Å². The number of hydrogen-bond donors (Lipinski definition) is 1. The van der Waals surface area contributed by atoms with Crippen molar-refractivity contribution >= 4 is 11.3 Å². The van der Waals surface area contributed by atoms with Crippen molar-refractivity contribution in [2.45, 2.75) is 39.2 Å². The van der Waals surface area contributed by atoms with E-state index in [4.69, 9.17) is 4.98 Å². The molecule has 4 heteroatoms.